The maximum absolute atomic E-state index is 13.2. The normalized spacial score (nSPS) is 10.5. The molecule has 3 aromatic carbocycles. The Labute approximate surface area is 156 Å². The van der Waals surface area contributed by atoms with Crippen molar-refractivity contribution in [2.75, 3.05) is 0 Å². The number of rotatable bonds is 2. The molecule has 0 saturated carbocycles. The quantitative estimate of drug-likeness (QED) is 0.369. The molecule has 1 radical (unpaired) electrons. The minimum Gasteiger partial charge on any atom is -0.244 e. The van der Waals surface area contributed by atoms with Crippen LogP contribution in [0.3, 0.4) is 0 Å². The van der Waals surface area contributed by atoms with E-state index in [0.29, 0.717) is 11.4 Å². The molecule has 0 aliphatic rings. The van der Waals surface area contributed by atoms with Gasteiger partial charge in [0.15, 0.2) is 0 Å². The van der Waals surface area contributed by atoms with Gasteiger partial charge < -0.3 is 0 Å². The van der Waals surface area contributed by atoms with Crippen molar-refractivity contribution < 1.29 is 28.9 Å². The van der Waals surface area contributed by atoms with Crippen LogP contribution in [-0.2, 0) is 20.1 Å². The van der Waals surface area contributed by atoms with E-state index >= 15 is 0 Å². The van der Waals surface area contributed by atoms with Gasteiger partial charge in [0.1, 0.15) is 11.6 Å². The van der Waals surface area contributed by atoms with E-state index in [9.17, 15) is 8.78 Å². The van der Waals surface area contributed by atoms with Crippen LogP contribution in [0.25, 0.3) is 33.5 Å². The Hall–Kier alpha value is -2.49. The van der Waals surface area contributed by atoms with Crippen LogP contribution < -0.4 is 0 Å². The Balaban J connectivity index is 0.00000182. The van der Waals surface area contributed by atoms with Crippen molar-refractivity contribution in [3.8, 4) is 22.5 Å². The summed E-state index contributed by atoms with van der Waals surface area (Å²) in [5.41, 5.74) is 4.30. The molecule has 25 heavy (non-hydrogen) atoms. The summed E-state index contributed by atoms with van der Waals surface area (Å²) in [7, 11) is 0. The largest absolute Gasteiger partial charge is 0.244 e. The molecule has 4 aromatic rings. The topological polar surface area (TPSA) is 25.8 Å². The van der Waals surface area contributed by atoms with E-state index < -0.39 is 0 Å². The first-order valence-corrected chi connectivity index (χ1v) is 7.49. The molecule has 0 N–H and O–H groups in total. The monoisotopic (exact) mass is 511 g/mol. The van der Waals surface area contributed by atoms with E-state index in [1.807, 2.05) is 24.3 Å². The summed E-state index contributed by atoms with van der Waals surface area (Å²) < 4.78 is 26.5. The summed E-state index contributed by atoms with van der Waals surface area (Å²) >= 11 is 0. The van der Waals surface area contributed by atoms with Gasteiger partial charge in [-0.2, -0.15) is 0 Å². The fourth-order valence-corrected chi connectivity index (χ4v) is 2.62. The van der Waals surface area contributed by atoms with Gasteiger partial charge in [-0.15, -0.1) is 0 Å². The predicted octanol–water partition coefficient (Wildman–Crippen LogP) is 5.24. The number of nitrogens with zero attached hydrogens (tertiary/aromatic N) is 2. The predicted molar refractivity (Wildman–Crippen MR) is 90.3 cm³/mol. The van der Waals surface area contributed by atoms with Crippen molar-refractivity contribution in [1.82, 2.24) is 9.97 Å². The summed E-state index contributed by atoms with van der Waals surface area (Å²) in [6.07, 6.45) is 0. The number of aromatic nitrogens is 2. The van der Waals surface area contributed by atoms with Gasteiger partial charge in [-0.25, -0.2) is 18.7 Å². The molecule has 4 rings (SSSR count). The number of hydrogen-bond acceptors (Lipinski definition) is 2. The van der Waals surface area contributed by atoms with Crippen LogP contribution in [0.2, 0.25) is 0 Å². The molecule has 0 aliphatic carbocycles. The van der Waals surface area contributed by atoms with Crippen LogP contribution in [0.5, 0.6) is 0 Å². The van der Waals surface area contributed by atoms with Gasteiger partial charge >= 0.3 is 0 Å². The number of fused-ring (bicyclic) bond motifs is 1. The van der Waals surface area contributed by atoms with Crippen LogP contribution in [-0.4, -0.2) is 9.97 Å². The Kier molecular flexibility index (Phi) is 4.98. The Morgan fingerprint density at radius 3 is 1.24 bits per heavy atom. The van der Waals surface area contributed by atoms with Crippen LogP contribution in [0.1, 0.15) is 0 Å². The minimum absolute atomic E-state index is 0. The van der Waals surface area contributed by atoms with E-state index in [0.717, 1.165) is 22.2 Å². The van der Waals surface area contributed by atoms with Crippen LogP contribution >= 0.6 is 0 Å². The second-order valence-corrected chi connectivity index (χ2v) is 5.42. The smallest absolute Gasteiger partial charge is 0.123 e. The molecule has 0 bridgehead atoms. The Morgan fingerprint density at radius 1 is 0.520 bits per heavy atom. The summed E-state index contributed by atoms with van der Waals surface area (Å²) in [6.45, 7) is 0. The number of para-hydroxylation sites is 2. The molecule has 0 unspecified atom stereocenters. The number of benzene rings is 3. The third-order valence-electron chi connectivity index (χ3n) is 3.81. The van der Waals surface area contributed by atoms with E-state index in [4.69, 9.17) is 9.97 Å². The van der Waals surface area contributed by atoms with Crippen LogP contribution in [0.15, 0.2) is 72.8 Å². The fourth-order valence-electron chi connectivity index (χ4n) is 2.62. The van der Waals surface area contributed by atoms with Gasteiger partial charge in [-0.05, 0) is 60.7 Å². The van der Waals surface area contributed by atoms with Crippen molar-refractivity contribution >= 4 is 11.0 Å². The average molecular weight is 511 g/mol. The maximum atomic E-state index is 13.2. The van der Waals surface area contributed by atoms with Gasteiger partial charge in [0.05, 0.1) is 22.4 Å². The van der Waals surface area contributed by atoms with E-state index in [-0.39, 0.29) is 31.7 Å². The first kappa shape index (κ1) is 17.3. The molecule has 0 amide bonds. The average Bonchev–Trinajstić information content (AvgIpc) is 2.62. The second kappa shape index (κ2) is 7.18. The molecule has 0 aliphatic heterocycles. The zero-order chi connectivity index (χ0) is 16.5. The molecule has 0 spiro atoms. The molecule has 0 fully saturated rings. The second-order valence-electron chi connectivity index (χ2n) is 5.42. The van der Waals surface area contributed by atoms with Gasteiger partial charge in [-0.1, -0.05) is 12.1 Å². The zero-order valence-corrected chi connectivity index (χ0v) is 15.3. The van der Waals surface area contributed by atoms with Crippen molar-refractivity contribution in [3.05, 3.63) is 84.4 Å². The molecular formula is C20H12F2IrN2. The molecule has 1 aromatic heterocycles. The number of hydrogen-bond donors (Lipinski definition) is 0. The zero-order valence-electron chi connectivity index (χ0n) is 12.9. The molecule has 0 atom stereocenters. The first-order chi connectivity index (χ1) is 11.7. The van der Waals surface area contributed by atoms with E-state index in [1.165, 1.54) is 24.3 Å². The van der Waals surface area contributed by atoms with Crippen LogP contribution in [0.4, 0.5) is 8.78 Å². The third-order valence-corrected chi connectivity index (χ3v) is 3.81. The van der Waals surface area contributed by atoms with Crippen molar-refractivity contribution in [3.63, 3.8) is 0 Å². The van der Waals surface area contributed by atoms with Gasteiger partial charge in [0.25, 0.3) is 0 Å². The fraction of sp³-hybridized carbons (Fsp3) is 0. The van der Waals surface area contributed by atoms with Crippen molar-refractivity contribution in [2.24, 2.45) is 0 Å². The summed E-state index contributed by atoms with van der Waals surface area (Å²) in [5.74, 6) is -0.619. The molecular weight excluding hydrogens is 498 g/mol. The van der Waals surface area contributed by atoms with Gasteiger partial charge in [-0.3, -0.25) is 0 Å². The Bertz CT molecular complexity index is 932. The van der Waals surface area contributed by atoms with Gasteiger partial charge in [0, 0.05) is 31.2 Å². The molecule has 2 nitrogen and oxygen atoms in total. The molecule has 0 saturated heterocycles. The Morgan fingerprint density at radius 2 is 0.880 bits per heavy atom. The van der Waals surface area contributed by atoms with Crippen molar-refractivity contribution in [2.45, 2.75) is 0 Å². The van der Waals surface area contributed by atoms with Gasteiger partial charge in [0.2, 0.25) is 0 Å². The third kappa shape index (κ3) is 3.48. The van der Waals surface area contributed by atoms with E-state index in [2.05, 4.69) is 0 Å². The molecule has 1 heterocycles. The molecule has 125 valence electrons. The van der Waals surface area contributed by atoms with Crippen molar-refractivity contribution in [1.29, 1.82) is 0 Å². The summed E-state index contributed by atoms with van der Waals surface area (Å²) in [6, 6.07) is 19.8. The van der Waals surface area contributed by atoms with E-state index in [1.54, 1.807) is 24.3 Å². The van der Waals surface area contributed by atoms with Crippen LogP contribution in [0, 0.1) is 11.6 Å². The summed E-state index contributed by atoms with van der Waals surface area (Å²) in [4.78, 5) is 9.39. The SMILES string of the molecule is Fc1ccc(-c2nc3ccccc3nc2-c2ccc(F)cc2)cc1.[Ir]. The minimum atomic E-state index is -0.309. The first-order valence-electron chi connectivity index (χ1n) is 7.49. The number of halogens is 2. The summed E-state index contributed by atoms with van der Waals surface area (Å²) in [5, 5.41) is 0. The maximum Gasteiger partial charge on any atom is 0.123 e. The standard InChI is InChI=1S/C20H12F2N2.Ir/c21-15-9-5-13(6-10-15)19-20(14-7-11-16(22)12-8-14)24-18-4-2-1-3-17(18)23-19;/h1-12H;. The molecule has 5 heteroatoms.